The van der Waals surface area contributed by atoms with Gasteiger partial charge in [-0.15, -0.1) is 11.8 Å². The van der Waals surface area contributed by atoms with E-state index >= 15 is 0 Å². The first-order valence-corrected chi connectivity index (χ1v) is 15.1. The van der Waals surface area contributed by atoms with Crippen molar-refractivity contribution in [3.8, 4) is 34.2 Å². The average Bonchev–Trinajstić information content (AvgIpc) is 3.82. The number of aromatic nitrogens is 2. The van der Waals surface area contributed by atoms with Gasteiger partial charge in [0.15, 0.2) is 11.5 Å². The summed E-state index contributed by atoms with van der Waals surface area (Å²) in [5.41, 5.74) is 4.07. The maximum absolute atomic E-state index is 13.9. The molecule has 1 N–H and O–H groups in total. The van der Waals surface area contributed by atoms with E-state index < -0.39 is 0 Å². The van der Waals surface area contributed by atoms with Gasteiger partial charge in [-0.3, -0.25) is 14.5 Å². The molecule has 2 aromatic heterocycles. The number of fused-ring (bicyclic) bond motifs is 2. The van der Waals surface area contributed by atoms with Crippen molar-refractivity contribution < 1.29 is 28.2 Å². The Labute approximate surface area is 257 Å². The summed E-state index contributed by atoms with van der Waals surface area (Å²) in [6, 6.07) is 26.7. The van der Waals surface area contributed by atoms with Gasteiger partial charge in [-0.05, 0) is 54.1 Å². The van der Waals surface area contributed by atoms with Gasteiger partial charge >= 0.3 is 0 Å². The molecule has 0 radical (unpaired) electrons. The molecule has 5 aromatic rings. The maximum Gasteiger partial charge on any atom is 0.240 e. The largest absolute Gasteiger partial charge is 0.497 e. The van der Waals surface area contributed by atoms with E-state index in [1.165, 1.54) is 16.7 Å². The summed E-state index contributed by atoms with van der Waals surface area (Å²) in [4.78, 5) is 28.8. The van der Waals surface area contributed by atoms with Crippen molar-refractivity contribution >= 4 is 29.4 Å². The molecule has 0 saturated carbocycles. The lowest BCUT2D eigenvalue weighted by Crippen LogP contribution is -2.42. The Morgan fingerprint density at radius 2 is 1.84 bits per heavy atom. The second-order valence-corrected chi connectivity index (χ2v) is 11.3. The normalized spacial score (nSPS) is 15.5. The highest BCUT2D eigenvalue weighted by atomic mass is 32.2. The van der Waals surface area contributed by atoms with Gasteiger partial charge in [0.25, 0.3) is 0 Å². The van der Waals surface area contributed by atoms with E-state index in [0.717, 1.165) is 22.4 Å². The van der Waals surface area contributed by atoms with Crippen molar-refractivity contribution in [2.24, 2.45) is 0 Å². The quantitative estimate of drug-likeness (QED) is 0.251. The van der Waals surface area contributed by atoms with Crippen molar-refractivity contribution in [2.75, 3.05) is 31.1 Å². The molecule has 44 heavy (non-hydrogen) atoms. The number of rotatable bonds is 8. The summed E-state index contributed by atoms with van der Waals surface area (Å²) in [7, 11) is 1.61. The van der Waals surface area contributed by atoms with Gasteiger partial charge in [0, 0.05) is 11.1 Å². The van der Waals surface area contributed by atoms with Crippen LogP contribution in [0.15, 0.2) is 95.6 Å². The Kier molecular flexibility index (Phi) is 7.45. The summed E-state index contributed by atoms with van der Waals surface area (Å²) in [6.07, 6.45) is 1.55. The number of amides is 2. The van der Waals surface area contributed by atoms with E-state index in [0.29, 0.717) is 34.5 Å². The van der Waals surface area contributed by atoms with Gasteiger partial charge in [-0.2, -0.15) is 5.10 Å². The summed E-state index contributed by atoms with van der Waals surface area (Å²) < 4.78 is 23.8. The topological polar surface area (TPSA) is 108 Å². The molecule has 222 valence electrons. The lowest BCUT2D eigenvalue weighted by atomic mass is 9.99. The number of anilines is 1. The zero-order valence-corrected chi connectivity index (χ0v) is 24.6. The summed E-state index contributed by atoms with van der Waals surface area (Å²) in [5.74, 6) is 2.78. The lowest BCUT2D eigenvalue weighted by molar-refractivity contribution is -0.123. The van der Waals surface area contributed by atoms with Gasteiger partial charge in [0.05, 0.1) is 42.3 Å². The minimum atomic E-state index is -0.323. The molecule has 0 unspecified atom stereocenters. The molecule has 2 amide bonds. The van der Waals surface area contributed by atoms with Crippen molar-refractivity contribution in [1.82, 2.24) is 15.1 Å². The summed E-state index contributed by atoms with van der Waals surface area (Å²) in [5, 5.41) is 7.70. The molecular weight excluding hydrogens is 580 g/mol. The van der Waals surface area contributed by atoms with Crippen LogP contribution in [0.3, 0.4) is 0 Å². The van der Waals surface area contributed by atoms with Crippen molar-refractivity contribution in [3.63, 3.8) is 0 Å². The third-order valence-electron chi connectivity index (χ3n) is 7.49. The number of ether oxygens (including phenoxy) is 3. The fourth-order valence-corrected chi connectivity index (χ4v) is 6.56. The van der Waals surface area contributed by atoms with Crippen molar-refractivity contribution in [1.29, 1.82) is 0 Å². The standard InChI is InChI=1S/C33H28N4O6S/c1-40-24-12-10-23(11-13-24)37-33-30(31(35-37)21-6-3-2-4-7-21)32(22-9-14-26-27(16-22)43-20-42-26)44-19-29(39)36(33)18-28(38)34-17-25-8-5-15-41-25/h2-16,32H,17-20H2,1H3,(H,34,38)/t32-/m1/s1. The Hall–Kier alpha value is -5.16. The maximum atomic E-state index is 13.9. The predicted octanol–water partition coefficient (Wildman–Crippen LogP) is 5.36. The van der Waals surface area contributed by atoms with Crippen molar-refractivity contribution in [2.45, 2.75) is 11.8 Å². The average molecular weight is 609 g/mol. The fraction of sp³-hybridized carbons (Fsp3) is 0.182. The molecule has 7 rings (SSSR count). The second kappa shape index (κ2) is 11.8. The Balaban J connectivity index is 1.40. The number of thioether (sulfide) groups is 1. The van der Waals surface area contributed by atoms with E-state index in [1.807, 2.05) is 72.8 Å². The number of benzene rings is 3. The molecule has 1 atom stereocenters. The van der Waals surface area contributed by atoms with Crippen LogP contribution in [0, 0.1) is 0 Å². The molecule has 0 fully saturated rings. The highest BCUT2D eigenvalue weighted by molar-refractivity contribution is 8.00. The fourth-order valence-electron chi connectivity index (χ4n) is 5.37. The first-order valence-electron chi connectivity index (χ1n) is 14.0. The first kappa shape index (κ1) is 27.7. The van der Waals surface area contributed by atoms with Crippen LogP contribution in [-0.2, 0) is 16.1 Å². The second-order valence-electron chi connectivity index (χ2n) is 10.2. The summed E-state index contributed by atoms with van der Waals surface area (Å²) in [6.45, 7) is 0.172. The number of carbonyl (C=O) groups excluding carboxylic acids is 2. The molecule has 10 nitrogen and oxygen atoms in total. The predicted molar refractivity (Wildman–Crippen MR) is 165 cm³/mol. The molecule has 2 aliphatic rings. The SMILES string of the molecule is COc1ccc(-n2nc(-c3ccccc3)c3c2N(CC(=O)NCc2ccco2)C(=O)CS[C@@H]3c2ccc3c(c2)OCO3)cc1. The smallest absolute Gasteiger partial charge is 0.240 e. The Morgan fingerprint density at radius 3 is 2.61 bits per heavy atom. The molecule has 11 heteroatoms. The zero-order chi connectivity index (χ0) is 30.0. The van der Waals surface area contributed by atoms with Crippen molar-refractivity contribution in [3.05, 3.63) is 108 Å². The number of furan rings is 1. The number of nitrogens with one attached hydrogen (secondary N) is 1. The Morgan fingerprint density at radius 1 is 1.02 bits per heavy atom. The van der Waals surface area contributed by atoms with Gasteiger partial charge in [0.2, 0.25) is 18.6 Å². The van der Waals surface area contributed by atoms with Gasteiger partial charge in [-0.25, -0.2) is 4.68 Å². The third-order valence-corrected chi connectivity index (χ3v) is 8.75. The van der Waals surface area contributed by atoms with E-state index in [4.69, 9.17) is 23.7 Å². The molecule has 4 heterocycles. The minimum Gasteiger partial charge on any atom is -0.497 e. The molecule has 0 aliphatic carbocycles. The van der Waals surface area contributed by atoms with E-state index in [9.17, 15) is 9.59 Å². The zero-order valence-electron chi connectivity index (χ0n) is 23.8. The van der Waals surface area contributed by atoms with Crippen LogP contribution in [0.5, 0.6) is 17.2 Å². The van der Waals surface area contributed by atoms with E-state index in [1.54, 1.807) is 30.2 Å². The monoisotopic (exact) mass is 608 g/mol. The van der Waals surface area contributed by atoms with Crippen LogP contribution < -0.4 is 24.4 Å². The van der Waals surface area contributed by atoms with Crippen LogP contribution in [0.25, 0.3) is 16.9 Å². The highest BCUT2D eigenvalue weighted by Gasteiger charge is 2.38. The van der Waals surface area contributed by atoms with Crippen LogP contribution in [0.1, 0.15) is 22.1 Å². The molecule has 0 spiro atoms. The number of nitrogens with zero attached hydrogens (tertiary/aromatic N) is 3. The first-order chi connectivity index (χ1) is 21.6. The van der Waals surface area contributed by atoms with E-state index in [2.05, 4.69) is 5.32 Å². The molecule has 3 aromatic carbocycles. The number of methoxy groups -OCH3 is 1. The van der Waals surface area contributed by atoms with E-state index in [-0.39, 0.29) is 42.7 Å². The summed E-state index contributed by atoms with van der Waals surface area (Å²) >= 11 is 1.49. The van der Waals surface area contributed by atoms with Gasteiger partial charge in [0.1, 0.15) is 23.9 Å². The number of hydrogen-bond donors (Lipinski definition) is 1. The third kappa shape index (κ3) is 5.26. The van der Waals surface area contributed by atoms with Gasteiger partial charge in [-0.1, -0.05) is 36.4 Å². The molecular formula is C33H28N4O6S. The highest BCUT2D eigenvalue weighted by Crippen LogP contribution is 2.50. The van der Waals surface area contributed by atoms with Crippen LogP contribution >= 0.6 is 11.8 Å². The molecule has 2 aliphatic heterocycles. The molecule has 0 bridgehead atoms. The van der Waals surface area contributed by atoms with Gasteiger partial charge < -0.3 is 23.9 Å². The number of hydrogen-bond acceptors (Lipinski definition) is 8. The van der Waals surface area contributed by atoms with Crippen LogP contribution in [0.4, 0.5) is 5.82 Å². The molecule has 0 saturated heterocycles. The Bertz CT molecular complexity index is 1800. The minimum absolute atomic E-state index is 0.149. The van der Waals surface area contributed by atoms with Crippen LogP contribution in [0.2, 0.25) is 0 Å². The number of carbonyl (C=O) groups is 2. The lowest BCUT2D eigenvalue weighted by Gasteiger charge is -2.23. The van der Waals surface area contributed by atoms with Crippen LogP contribution in [-0.4, -0.2) is 47.8 Å².